The molecule has 4 rings (SSSR count). The minimum absolute atomic E-state index is 0.113. The van der Waals surface area contributed by atoms with Gasteiger partial charge >= 0.3 is 6.03 Å². The van der Waals surface area contributed by atoms with Crippen LogP contribution in [0, 0.1) is 0 Å². The molecule has 0 unspecified atom stereocenters. The zero-order chi connectivity index (χ0) is 19.3. The summed E-state index contributed by atoms with van der Waals surface area (Å²) in [7, 11) is -0.0459. The van der Waals surface area contributed by atoms with Gasteiger partial charge in [0, 0.05) is 39.2 Å². The lowest BCUT2D eigenvalue weighted by Crippen LogP contribution is -2.63. The largest absolute Gasteiger partial charge is 0.360 e. The fraction of sp³-hybridized carbons (Fsp3) is 0.706. The molecule has 3 aliphatic rings. The summed E-state index contributed by atoms with van der Waals surface area (Å²) in [5.74, 6) is 0.242. The van der Waals surface area contributed by atoms with E-state index in [1.807, 2.05) is 0 Å². The number of urea groups is 1. The first kappa shape index (κ1) is 18.3. The van der Waals surface area contributed by atoms with Crippen LogP contribution < -0.4 is 0 Å². The lowest BCUT2D eigenvalue weighted by Gasteiger charge is -2.44. The number of hydrogen-bond donors (Lipinski definition) is 0. The van der Waals surface area contributed by atoms with E-state index < -0.39 is 21.9 Å². The van der Waals surface area contributed by atoms with Gasteiger partial charge in [0.15, 0.2) is 15.5 Å². The Balaban J connectivity index is 1.64. The summed E-state index contributed by atoms with van der Waals surface area (Å²) in [5.41, 5.74) is 1.16. The summed E-state index contributed by atoms with van der Waals surface area (Å²) in [6.45, 7) is 0.593. The van der Waals surface area contributed by atoms with E-state index in [0.29, 0.717) is 12.2 Å². The van der Waals surface area contributed by atoms with E-state index >= 15 is 0 Å². The molecule has 0 radical (unpaired) electrons. The van der Waals surface area contributed by atoms with E-state index in [1.54, 1.807) is 23.9 Å². The molecule has 0 spiro atoms. The van der Waals surface area contributed by atoms with Crippen molar-refractivity contribution in [3.63, 3.8) is 0 Å². The molecule has 0 N–H and O–H groups in total. The summed E-state index contributed by atoms with van der Waals surface area (Å²) in [6, 6.07) is -1.30. The number of carbonyl (C=O) groups excluding carboxylic acids is 2. The topological polar surface area (TPSA) is 104 Å². The molecule has 148 valence electrons. The number of amides is 3. The van der Waals surface area contributed by atoms with Gasteiger partial charge < -0.3 is 19.2 Å². The minimum Gasteiger partial charge on any atom is -0.360 e. The van der Waals surface area contributed by atoms with Crippen molar-refractivity contribution in [2.24, 2.45) is 0 Å². The third-order valence-corrected chi connectivity index (χ3v) is 7.42. The Morgan fingerprint density at radius 2 is 1.70 bits per heavy atom. The van der Waals surface area contributed by atoms with Crippen LogP contribution in [0.5, 0.6) is 0 Å². The van der Waals surface area contributed by atoms with E-state index in [1.165, 1.54) is 4.90 Å². The third kappa shape index (κ3) is 3.09. The maximum atomic E-state index is 13.2. The molecule has 3 amide bonds. The van der Waals surface area contributed by atoms with Gasteiger partial charge in [0.05, 0.1) is 23.6 Å². The molecular weight excluding hydrogens is 372 g/mol. The maximum Gasteiger partial charge on any atom is 0.319 e. The number of fused-ring (bicyclic) bond motifs is 2. The molecule has 0 bridgehead atoms. The summed E-state index contributed by atoms with van der Waals surface area (Å²) in [4.78, 5) is 30.3. The van der Waals surface area contributed by atoms with Gasteiger partial charge in [0.25, 0.3) is 5.91 Å². The second-order valence-corrected chi connectivity index (χ2v) is 9.87. The van der Waals surface area contributed by atoms with Crippen LogP contribution in [0.15, 0.2) is 4.52 Å². The van der Waals surface area contributed by atoms with Gasteiger partial charge in [-0.1, -0.05) is 5.16 Å². The number of nitrogens with zero attached hydrogens (tertiary/aromatic N) is 4. The van der Waals surface area contributed by atoms with Gasteiger partial charge in [0.1, 0.15) is 5.76 Å². The second-order valence-electron chi connectivity index (χ2n) is 7.72. The molecule has 0 saturated carbocycles. The number of rotatable bonds is 1. The van der Waals surface area contributed by atoms with Crippen molar-refractivity contribution in [1.29, 1.82) is 0 Å². The highest BCUT2D eigenvalue weighted by molar-refractivity contribution is 7.91. The Morgan fingerprint density at radius 1 is 1.07 bits per heavy atom. The second kappa shape index (κ2) is 6.50. The molecule has 9 nitrogen and oxygen atoms in total. The van der Waals surface area contributed by atoms with Crippen LogP contribution in [0.3, 0.4) is 0 Å². The smallest absolute Gasteiger partial charge is 0.319 e. The maximum absolute atomic E-state index is 13.2. The Morgan fingerprint density at radius 3 is 2.41 bits per heavy atom. The molecule has 2 saturated heterocycles. The Bertz CT molecular complexity index is 878. The summed E-state index contributed by atoms with van der Waals surface area (Å²) < 4.78 is 30.0. The van der Waals surface area contributed by atoms with E-state index in [9.17, 15) is 18.0 Å². The normalized spacial score (nSPS) is 26.4. The van der Waals surface area contributed by atoms with Crippen molar-refractivity contribution in [3.8, 4) is 0 Å². The molecule has 27 heavy (non-hydrogen) atoms. The highest BCUT2D eigenvalue weighted by Crippen LogP contribution is 2.31. The Labute approximate surface area is 158 Å². The Hall–Kier alpha value is -2.10. The summed E-state index contributed by atoms with van der Waals surface area (Å²) in [5, 5.41) is 4.00. The Kier molecular flexibility index (Phi) is 4.40. The molecule has 10 heteroatoms. The number of hydrogen-bond acceptors (Lipinski definition) is 6. The van der Waals surface area contributed by atoms with Crippen molar-refractivity contribution >= 4 is 21.8 Å². The van der Waals surface area contributed by atoms with Gasteiger partial charge in [-0.25, -0.2) is 13.2 Å². The molecule has 1 aromatic rings. The van der Waals surface area contributed by atoms with Crippen LogP contribution in [0.1, 0.15) is 34.7 Å². The molecule has 2 fully saturated rings. The fourth-order valence-corrected chi connectivity index (χ4v) is 6.37. The van der Waals surface area contributed by atoms with Gasteiger partial charge in [-0.05, 0) is 19.3 Å². The average Bonchev–Trinajstić information content (AvgIpc) is 3.19. The number of carbonyl (C=O) groups is 2. The first-order valence-electron chi connectivity index (χ1n) is 9.25. The zero-order valence-corrected chi connectivity index (χ0v) is 16.4. The van der Waals surface area contributed by atoms with Crippen molar-refractivity contribution in [2.45, 2.75) is 37.8 Å². The molecule has 0 aromatic carbocycles. The predicted octanol–water partition coefficient (Wildman–Crippen LogP) is 0.158. The first-order chi connectivity index (χ1) is 12.8. The lowest BCUT2D eigenvalue weighted by molar-refractivity contribution is 0.0384. The predicted molar refractivity (Wildman–Crippen MR) is 96.2 cm³/mol. The van der Waals surface area contributed by atoms with Crippen LogP contribution in [-0.2, 0) is 22.7 Å². The van der Waals surface area contributed by atoms with Gasteiger partial charge in [-0.2, -0.15) is 0 Å². The SMILES string of the molecule is CN(C)C(=O)N1CCN(C(=O)c2noc3c2CCCC3)[C@H]2CS(=O)(=O)C[C@H]21. The molecule has 2 aliphatic heterocycles. The van der Waals surface area contributed by atoms with Crippen molar-refractivity contribution in [1.82, 2.24) is 19.9 Å². The van der Waals surface area contributed by atoms with Crippen LogP contribution in [0.4, 0.5) is 4.79 Å². The molecule has 3 heterocycles. The van der Waals surface area contributed by atoms with E-state index in [4.69, 9.17) is 4.52 Å². The standard InChI is InChI=1S/C17H24N4O5S/c1-19(2)17(23)21-8-7-20(12-9-27(24,25)10-13(12)21)16(22)15-11-5-3-4-6-14(11)26-18-15/h12-13H,3-10H2,1-2H3/t12-,13+/m0/s1. The van der Waals surface area contributed by atoms with Crippen molar-refractivity contribution in [3.05, 3.63) is 17.0 Å². The summed E-state index contributed by atoms with van der Waals surface area (Å²) >= 11 is 0. The average molecular weight is 396 g/mol. The zero-order valence-electron chi connectivity index (χ0n) is 15.5. The van der Waals surface area contributed by atoms with E-state index in [0.717, 1.165) is 37.0 Å². The van der Waals surface area contributed by atoms with Crippen LogP contribution in [0.25, 0.3) is 0 Å². The van der Waals surface area contributed by atoms with Crippen LogP contribution in [0.2, 0.25) is 0 Å². The number of aryl methyl sites for hydroxylation is 1. The van der Waals surface area contributed by atoms with E-state index in [-0.39, 0.29) is 30.0 Å². The minimum atomic E-state index is -3.32. The summed E-state index contributed by atoms with van der Waals surface area (Å²) in [6.07, 6.45) is 3.54. The highest BCUT2D eigenvalue weighted by Gasteiger charge is 2.50. The van der Waals surface area contributed by atoms with Crippen LogP contribution in [-0.4, -0.2) is 91.0 Å². The molecule has 2 atom stereocenters. The van der Waals surface area contributed by atoms with E-state index in [2.05, 4.69) is 5.16 Å². The third-order valence-electron chi connectivity index (χ3n) is 5.72. The number of piperazine rings is 1. The van der Waals surface area contributed by atoms with Gasteiger partial charge in [-0.3, -0.25) is 4.79 Å². The molecular formula is C17H24N4O5S. The fourth-order valence-electron chi connectivity index (χ4n) is 4.39. The first-order valence-corrected chi connectivity index (χ1v) is 11.1. The monoisotopic (exact) mass is 396 g/mol. The number of aromatic nitrogens is 1. The van der Waals surface area contributed by atoms with Crippen LogP contribution >= 0.6 is 0 Å². The van der Waals surface area contributed by atoms with Crippen molar-refractivity contribution in [2.75, 3.05) is 38.7 Å². The van der Waals surface area contributed by atoms with Gasteiger partial charge in [-0.15, -0.1) is 0 Å². The quantitative estimate of drug-likeness (QED) is 0.670. The molecule has 1 aromatic heterocycles. The number of sulfone groups is 1. The highest BCUT2D eigenvalue weighted by atomic mass is 32.2. The lowest BCUT2D eigenvalue weighted by atomic mass is 9.95. The van der Waals surface area contributed by atoms with Gasteiger partial charge in [0.2, 0.25) is 0 Å². The van der Waals surface area contributed by atoms with Crippen molar-refractivity contribution < 1.29 is 22.5 Å². The molecule has 1 aliphatic carbocycles.